The summed E-state index contributed by atoms with van der Waals surface area (Å²) < 4.78 is 137. The van der Waals surface area contributed by atoms with Gasteiger partial charge >= 0.3 is 29.2 Å². The van der Waals surface area contributed by atoms with Crippen molar-refractivity contribution < 1.29 is 62.9 Å². The lowest BCUT2D eigenvalue weighted by atomic mass is 10.0. The molecular weight excluding hydrogens is 349 g/mol. The second-order valence-electron chi connectivity index (χ2n) is 2.96. The molecule has 0 aliphatic rings. The molecule has 3 nitrogen and oxygen atoms in total. The molecule has 0 aliphatic heterocycles. The molecular formula is C5HF11O3S. The first-order valence-corrected chi connectivity index (χ1v) is 4.54. The molecule has 0 saturated carbocycles. The van der Waals surface area contributed by atoms with E-state index >= 15 is 0 Å². The smallest absolute Gasteiger partial charge is 0.220 e. The molecule has 0 unspecified atom stereocenters. The first-order valence-electron chi connectivity index (χ1n) is 3.80. The van der Waals surface area contributed by atoms with Crippen molar-refractivity contribution in [3.05, 3.63) is 0 Å². The Balaban J connectivity index is 5.68. The molecule has 0 aromatic carbocycles. The van der Waals surface area contributed by atoms with Crippen LogP contribution in [0.2, 0.25) is 0 Å². The molecule has 0 amide bonds. The molecule has 0 spiro atoms. The van der Waals surface area contributed by atoms with E-state index in [1.165, 1.54) is 0 Å². The molecule has 0 saturated heterocycles. The summed E-state index contributed by atoms with van der Waals surface area (Å²) in [6, 6.07) is 0. The molecule has 0 atom stereocenters. The van der Waals surface area contributed by atoms with Crippen LogP contribution in [0.15, 0.2) is 0 Å². The van der Waals surface area contributed by atoms with Crippen LogP contribution in [0.3, 0.4) is 0 Å². The minimum absolute atomic E-state index is 2.10. The molecule has 0 rings (SSSR count). The van der Waals surface area contributed by atoms with Crippen LogP contribution in [-0.2, 0) is 9.37 Å². The van der Waals surface area contributed by atoms with Gasteiger partial charge in [-0.25, -0.2) is 5.26 Å². The third-order valence-electron chi connectivity index (χ3n) is 1.68. The van der Waals surface area contributed by atoms with Gasteiger partial charge in [0.05, 0.1) is 0 Å². The summed E-state index contributed by atoms with van der Waals surface area (Å²) >= 11 is -2.10. The number of rotatable bonds is 6. The molecule has 0 heterocycles. The fourth-order valence-corrected chi connectivity index (χ4v) is 1.02. The van der Waals surface area contributed by atoms with E-state index in [4.69, 9.17) is 5.26 Å². The maximum absolute atomic E-state index is 12.6. The van der Waals surface area contributed by atoms with Gasteiger partial charge in [0.1, 0.15) is 12.0 Å². The van der Waals surface area contributed by atoms with Gasteiger partial charge in [0.15, 0.2) is 0 Å². The van der Waals surface area contributed by atoms with Crippen LogP contribution in [0.25, 0.3) is 0 Å². The molecule has 0 aliphatic carbocycles. The van der Waals surface area contributed by atoms with Crippen LogP contribution in [0.5, 0.6) is 0 Å². The van der Waals surface area contributed by atoms with E-state index in [1.807, 2.05) is 0 Å². The molecule has 122 valence electrons. The zero-order valence-corrected chi connectivity index (χ0v) is 9.15. The Bertz CT molecular complexity index is 339. The fourth-order valence-electron chi connectivity index (χ4n) is 0.668. The SMILES string of the molecule is OOOSC(F)(F)C(F)(F)C(F)(F)C(F)(F)C(F)(F)F. The number of hydrogen-bond acceptors (Lipinski definition) is 4. The fraction of sp³-hybridized carbons (Fsp3) is 1.00. The van der Waals surface area contributed by atoms with Gasteiger partial charge in [0.2, 0.25) is 0 Å². The Morgan fingerprint density at radius 3 is 1.35 bits per heavy atom. The largest absolute Gasteiger partial charge is 0.460 e. The lowest BCUT2D eigenvalue weighted by molar-refractivity contribution is -0.438. The molecule has 0 bridgehead atoms. The average molecular weight is 350 g/mol. The first kappa shape index (κ1) is 19.5. The zero-order chi connectivity index (χ0) is 16.6. The molecule has 0 radical (unpaired) electrons. The summed E-state index contributed by atoms with van der Waals surface area (Å²) in [7, 11) is 0. The lowest BCUT2D eigenvalue weighted by Gasteiger charge is -2.35. The maximum Gasteiger partial charge on any atom is 0.460 e. The first-order chi connectivity index (χ1) is 8.56. The summed E-state index contributed by atoms with van der Waals surface area (Å²) in [6.07, 6.45) is -7.23. The van der Waals surface area contributed by atoms with Gasteiger partial charge in [-0.05, 0) is 0 Å². The van der Waals surface area contributed by atoms with Crippen molar-refractivity contribution in [3.8, 4) is 0 Å². The van der Waals surface area contributed by atoms with Crippen molar-refractivity contribution in [2.24, 2.45) is 0 Å². The van der Waals surface area contributed by atoms with Gasteiger partial charge in [-0.2, -0.15) is 48.3 Å². The molecule has 0 aromatic rings. The predicted molar refractivity (Wildman–Crippen MR) is 38.2 cm³/mol. The van der Waals surface area contributed by atoms with Crippen molar-refractivity contribution in [1.82, 2.24) is 0 Å². The highest BCUT2D eigenvalue weighted by Crippen LogP contribution is 2.59. The summed E-state index contributed by atoms with van der Waals surface area (Å²) in [6.45, 7) is 0. The summed E-state index contributed by atoms with van der Waals surface area (Å²) in [5.41, 5.74) is 0. The highest BCUT2D eigenvalue weighted by Gasteiger charge is 2.87. The maximum atomic E-state index is 12.6. The number of hydrogen-bond donors (Lipinski definition) is 1. The topological polar surface area (TPSA) is 38.7 Å². The highest BCUT2D eigenvalue weighted by atomic mass is 32.2. The Morgan fingerprint density at radius 1 is 0.650 bits per heavy atom. The Kier molecular flexibility index (Phi) is 5.20. The van der Waals surface area contributed by atoms with Crippen LogP contribution in [0.1, 0.15) is 0 Å². The van der Waals surface area contributed by atoms with Gasteiger partial charge in [-0.1, -0.05) is 5.04 Å². The summed E-state index contributed by atoms with van der Waals surface area (Å²) in [5.74, 6) is -22.2. The van der Waals surface area contributed by atoms with E-state index in [-0.39, 0.29) is 0 Å². The predicted octanol–water partition coefficient (Wildman–Crippen LogP) is 4.12. The van der Waals surface area contributed by atoms with E-state index in [0.29, 0.717) is 0 Å². The van der Waals surface area contributed by atoms with Crippen LogP contribution in [-0.4, -0.2) is 34.5 Å². The van der Waals surface area contributed by atoms with Crippen molar-refractivity contribution >= 4 is 12.0 Å². The standard InChI is InChI=1S/C5HF11O3S/c6-1(7,2(8,9)4(12,13)14)3(10,11)5(15,16)20-19-18-17/h17H. The van der Waals surface area contributed by atoms with E-state index in [0.717, 1.165) is 0 Å². The number of alkyl halides is 11. The van der Waals surface area contributed by atoms with Crippen LogP contribution < -0.4 is 0 Å². The van der Waals surface area contributed by atoms with Crippen molar-refractivity contribution in [3.63, 3.8) is 0 Å². The van der Waals surface area contributed by atoms with Crippen molar-refractivity contribution in [2.75, 3.05) is 0 Å². The van der Waals surface area contributed by atoms with Crippen LogP contribution in [0, 0.1) is 0 Å². The lowest BCUT2D eigenvalue weighted by Crippen LogP contribution is -2.65. The monoisotopic (exact) mass is 350 g/mol. The van der Waals surface area contributed by atoms with E-state index in [9.17, 15) is 48.3 Å². The Morgan fingerprint density at radius 2 is 1.05 bits per heavy atom. The zero-order valence-electron chi connectivity index (χ0n) is 8.33. The van der Waals surface area contributed by atoms with Gasteiger partial charge in [0, 0.05) is 0 Å². The normalized spacial score (nSPS) is 15.6. The summed E-state index contributed by atoms with van der Waals surface area (Å²) in [4.78, 5) is 0. The van der Waals surface area contributed by atoms with Gasteiger partial charge < -0.3 is 0 Å². The second-order valence-corrected chi connectivity index (χ2v) is 3.78. The summed E-state index contributed by atoms with van der Waals surface area (Å²) in [5, 5.41) is 3.39. The Labute approximate surface area is 105 Å². The van der Waals surface area contributed by atoms with E-state index in [2.05, 4.69) is 9.37 Å². The molecule has 15 heteroatoms. The van der Waals surface area contributed by atoms with Crippen LogP contribution in [0.4, 0.5) is 48.3 Å². The van der Waals surface area contributed by atoms with E-state index in [1.54, 1.807) is 0 Å². The molecule has 1 N–H and O–H groups in total. The van der Waals surface area contributed by atoms with Gasteiger partial charge in [0.25, 0.3) is 0 Å². The minimum Gasteiger partial charge on any atom is -0.220 e. The molecule has 0 fully saturated rings. The van der Waals surface area contributed by atoms with Crippen molar-refractivity contribution in [2.45, 2.75) is 29.2 Å². The molecule has 0 aromatic heterocycles. The third kappa shape index (κ3) is 2.89. The Hall–Kier alpha value is -0.540. The van der Waals surface area contributed by atoms with E-state index < -0.39 is 41.2 Å². The number of halogens is 11. The second kappa shape index (κ2) is 5.34. The van der Waals surface area contributed by atoms with Crippen molar-refractivity contribution in [1.29, 1.82) is 0 Å². The van der Waals surface area contributed by atoms with Gasteiger partial charge in [-0.15, -0.1) is 4.33 Å². The van der Waals surface area contributed by atoms with Gasteiger partial charge in [-0.3, -0.25) is 0 Å². The minimum atomic E-state index is -7.52. The highest BCUT2D eigenvalue weighted by molar-refractivity contribution is 7.95. The molecule has 20 heavy (non-hydrogen) atoms. The average Bonchev–Trinajstić information content (AvgIpc) is 2.24. The van der Waals surface area contributed by atoms with Crippen LogP contribution >= 0.6 is 12.0 Å². The quantitative estimate of drug-likeness (QED) is 0.339. The third-order valence-corrected chi connectivity index (χ3v) is 2.27.